The molecule has 0 aliphatic carbocycles. The molecule has 3 N–H and O–H groups in total. The molecule has 0 heterocycles. The molecule has 74 valence electrons. The second kappa shape index (κ2) is 5.50. The minimum atomic E-state index is -3.25. The van der Waals surface area contributed by atoms with Crippen LogP contribution in [0.15, 0.2) is 0 Å². The molecular weight excluding hydrogens is 176 g/mol. The van der Waals surface area contributed by atoms with Gasteiger partial charge in [0, 0.05) is 6.04 Å². The van der Waals surface area contributed by atoms with Crippen LogP contribution in [0.3, 0.4) is 0 Å². The molecule has 5 heteroatoms. The van der Waals surface area contributed by atoms with E-state index in [4.69, 9.17) is 5.14 Å². The summed E-state index contributed by atoms with van der Waals surface area (Å²) in [5.41, 5.74) is 0. The van der Waals surface area contributed by atoms with E-state index in [1.165, 1.54) is 0 Å². The van der Waals surface area contributed by atoms with E-state index in [0.717, 1.165) is 13.0 Å². The van der Waals surface area contributed by atoms with Crippen molar-refractivity contribution >= 4 is 10.0 Å². The summed E-state index contributed by atoms with van der Waals surface area (Å²) in [6, 6.07) is 0.458. The van der Waals surface area contributed by atoms with Crippen LogP contribution < -0.4 is 10.5 Å². The van der Waals surface area contributed by atoms with E-state index in [9.17, 15) is 8.42 Å². The first kappa shape index (κ1) is 11.9. The Morgan fingerprint density at radius 1 is 1.33 bits per heavy atom. The van der Waals surface area contributed by atoms with Crippen LogP contribution in [0, 0.1) is 0 Å². The van der Waals surface area contributed by atoms with Gasteiger partial charge >= 0.3 is 0 Å². The number of unbranched alkanes of at least 4 members (excludes halogenated alkanes) is 1. The molecule has 0 aliphatic heterocycles. The van der Waals surface area contributed by atoms with Crippen LogP contribution in [-0.2, 0) is 10.0 Å². The lowest BCUT2D eigenvalue weighted by molar-refractivity contribution is 0.560. The van der Waals surface area contributed by atoms with E-state index >= 15 is 0 Å². The van der Waals surface area contributed by atoms with Crippen LogP contribution in [0.25, 0.3) is 0 Å². The zero-order valence-corrected chi connectivity index (χ0v) is 8.52. The third kappa shape index (κ3) is 9.87. The van der Waals surface area contributed by atoms with Gasteiger partial charge in [0.2, 0.25) is 10.0 Å². The molecule has 0 aliphatic rings. The zero-order chi connectivity index (χ0) is 9.61. The first-order valence-electron chi connectivity index (χ1n) is 4.15. The standard InChI is InChI=1S/C7H18N2O2S/c1-7(2)9-5-3-4-6-12(8,10)11/h7,9H,3-6H2,1-2H3,(H2,8,10,11). The van der Waals surface area contributed by atoms with Crippen LogP contribution in [-0.4, -0.2) is 26.8 Å². The number of sulfonamides is 1. The van der Waals surface area contributed by atoms with Gasteiger partial charge < -0.3 is 5.32 Å². The molecule has 12 heavy (non-hydrogen) atoms. The number of nitrogens with two attached hydrogens (primary N) is 1. The summed E-state index contributed by atoms with van der Waals surface area (Å²) in [6.07, 6.45) is 1.49. The van der Waals surface area contributed by atoms with Gasteiger partial charge in [0.1, 0.15) is 0 Å². The number of hydrogen-bond acceptors (Lipinski definition) is 3. The summed E-state index contributed by atoms with van der Waals surface area (Å²) in [6.45, 7) is 4.96. The zero-order valence-electron chi connectivity index (χ0n) is 7.71. The van der Waals surface area contributed by atoms with Gasteiger partial charge in [-0.05, 0) is 19.4 Å². The first-order chi connectivity index (χ1) is 5.42. The highest BCUT2D eigenvalue weighted by Crippen LogP contribution is 1.91. The van der Waals surface area contributed by atoms with E-state index in [0.29, 0.717) is 12.5 Å². The van der Waals surface area contributed by atoms with Crippen molar-refractivity contribution in [3.05, 3.63) is 0 Å². The van der Waals surface area contributed by atoms with Crippen molar-refractivity contribution < 1.29 is 8.42 Å². The SMILES string of the molecule is CC(C)NCCCCS(N)(=O)=O. The normalized spacial score (nSPS) is 12.3. The highest BCUT2D eigenvalue weighted by atomic mass is 32.2. The lowest BCUT2D eigenvalue weighted by atomic mass is 10.3. The van der Waals surface area contributed by atoms with Gasteiger partial charge in [0.15, 0.2) is 0 Å². The molecule has 0 unspecified atom stereocenters. The molecule has 4 nitrogen and oxygen atoms in total. The minimum Gasteiger partial charge on any atom is -0.315 e. The minimum absolute atomic E-state index is 0.0901. The largest absolute Gasteiger partial charge is 0.315 e. The predicted octanol–water partition coefficient (Wildman–Crippen LogP) is 0.0531. The number of primary sulfonamides is 1. The Morgan fingerprint density at radius 2 is 1.92 bits per heavy atom. The van der Waals surface area contributed by atoms with Crippen molar-refractivity contribution in [1.82, 2.24) is 5.32 Å². The van der Waals surface area contributed by atoms with Crippen molar-refractivity contribution in [1.29, 1.82) is 0 Å². The van der Waals surface area contributed by atoms with Crippen molar-refractivity contribution in [3.8, 4) is 0 Å². The lowest BCUT2D eigenvalue weighted by Gasteiger charge is -2.06. The summed E-state index contributed by atoms with van der Waals surface area (Å²) < 4.78 is 21.0. The number of rotatable bonds is 6. The molecule has 0 rings (SSSR count). The fourth-order valence-electron chi connectivity index (χ4n) is 0.819. The van der Waals surface area contributed by atoms with Gasteiger partial charge in [-0.25, -0.2) is 13.6 Å². The highest BCUT2D eigenvalue weighted by molar-refractivity contribution is 7.89. The summed E-state index contributed by atoms with van der Waals surface area (Å²) >= 11 is 0. The van der Waals surface area contributed by atoms with Crippen molar-refractivity contribution in [2.45, 2.75) is 32.7 Å². The second-order valence-corrected chi connectivity index (χ2v) is 4.92. The van der Waals surface area contributed by atoms with Crippen LogP contribution in [0.1, 0.15) is 26.7 Å². The Morgan fingerprint density at radius 3 is 2.33 bits per heavy atom. The van der Waals surface area contributed by atoms with Crippen molar-refractivity contribution in [3.63, 3.8) is 0 Å². The van der Waals surface area contributed by atoms with Gasteiger partial charge in [-0.1, -0.05) is 13.8 Å². The molecule has 0 saturated heterocycles. The van der Waals surface area contributed by atoms with Crippen molar-refractivity contribution in [2.75, 3.05) is 12.3 Å². The number of nitrogens with one attached hydrogen (secondary N) is 1. The Labute approximate surface area is 74.6 Å². The molecule has 0 spiro atoms. The van der Waals surface area contributed by atoms with Gasteiger partial charge in [-0.2, -0.15) is 0 Å². The van der Waals surface area contributed by atoms with Crippen LogP contribution in [0.4, 0.5) is 0 Å². The predicted molar refractivity (Wildman–Crippen MR) is 50.3 cm³/mol. The first-order valence-corrected chi connectivity index (χ1v) is 5.87. The monoisotopic (exact) mass is 194 g/mol. The summed E-state index contributed by atoms with van der Waals surface area (Å²) in [7, 11) is -3.25. The van der Waals surface area contributed by atoms with Gasteiger partial charge in [0.05, 0.1) is 5.75 Å². The molecule has 0 atom stereocenters. The van der Waals surface area contributed by atoms with Crippen LogP contribution >= 0.6 is 0 Å². The summed E-state index contributed by atoms with van der Waals surface area (Å²) in [5.74, 6) is 0.0901. The van der Waals surface area contributed by atoms with Crippen LogP contribution in [0.2, 0.25) is 0 Å². The third-order valence-electron chi connectivity index (χ3n) is 1.41. The van der Waals surface area contributed by atoms with Crippen LogP contribution in [0.5, 0.6) is 0 Å². The molecule has 0 radical (unpaired) electrons. The Kier molecular flexibility index (Phi) is 5.44. The molecule has 0 aromatic carbocycles. The van der Waals surface area contributed by atoms with E-state index in [2.05, 4.69) is 19.2 Å². The molecule has 0 amide bonds. The molecular formula is C7H18N2O2S. The maximum absolute atomic E-state index is 10.5. The third-order valence-corrected chi connectivity index (χ3v) is 2.27. The summed E-state index contributed by atoms with van der Waals surface area (Å²) in [5, 5.41) is 8.03. The quantitative estimate of drug-likeness (QED) is 0.587. The number of hydrogen-bond donors (Lipinski definition) is 2. The Bertz CT molecular complexity index is 199. The smallest absolute Gasteiger partial charge is 0.209 e. The van der Waals surface area contributed by atoms with Gasteiger partial charge in [-0.15, -0.1) is 0 Å². The lowest BCUT2D eigenvalue weighted by Crippen LogP contribution is -2.24. The average Bonchev–Trinajstić information content (AvgIpc) is 1.83. The molecule has 0 saturated carbocycles. The van der Waals surface area contributed by atoms with E-state index in [-0.39, 0.29) is 5.75 Å². The topological polar surface area (TPSA) is 72.2 Å². The maximum Gasteiger partial charge on any atom is 0.209 e. The Balaban J connectivity index is 3.23. The summed E-state index contributed by atoms with van der Waals surface area (Å²) in [4.78, 5) is 0. The molecule has 0 aromatic heterocycles. The fraction of sp³-hybridized carbons (Fsp3) is 1.00. The fourth-order valence-corrected chi connectivity index (χ4v) is 1.43. The van der Waals surface area contributed by atoms with Gasteiger partial charge in [0.25, 0.3) is 0 Å². The van der Waals surface area contributed by atoms with E-state index < -0.39 is 10.0 Å². The Hall–Kier alpha value is -0.130. The molecule has 0 bridgehead atoms. The maximum atomic E-state index is 10.5. The molecule has 0 fully saturated rings. The molecule has 0 aromatic rings. The van der Waals surface area contributed by atoms with Crippen molar-refractivity contribution in [2.24, 2.45) is 5.14 Å². The highest BCUT2D eigenvalue weighted by Gasteiger charge is 2.01. The van der Waals surface area contributed by atoms with E-state index in [1.54, 1.807) is 0 Å². The van der Waals surface area contributed by atoms with Gasteiger partial charge in [-0.3, -0.25) is 0 Å². The van der Waals surface area contributed by atoms with E-state index in [1.807, 2.05) is 0 Å². The average molecular weight is 194 g/mol. The second-order valence-electron chi connectivity index (χ2n) is 3.18.